The van der Waals surface area contributed by atoms with Crippen molar-refractivity contribution in [2.24, 2.45) is 5.41 Å². The maximum atomic E-state index is 13.2. The zero-order chi connectivity index (χ0) is 19.4. The van der Waals surface area contributed by atoms with Gasteiger partial charge in [-0.1, -0.05) is 0 Å². The molecule has 1 atom stereocenters. The predicted octanol–water partition coefficient (Wildman–Crippen LogP) is 2.22. The second kappa shape index (κ2) is 8.09. The fourth-order valence-corrected chi connectivity index (χ4v) is 2.48. The van der Waals surface area contributed by atoms with E-state index in [1.807, 2.05) is 0 Å². The molecule has 0 radical (unpaired) electrons. The van der Waals surface area contributed by atoms with Gasteiger partial charge in [0.25, 0.3) is 5.91 Å². The van der Waals surface area contributed by atoms with E-state index in [9.17, 15) is 18.8 Å². The number of ether oxygens (including phenoxy) is 1. The topological polar surface area (TPSA) is 66.9 Å². The molecule has 0 spiro atoms. The van der Waals surface area contributed by atoms with E-state index in [1.165, 1.54) is 55.1 Å². The number of hydrogen-bond donors (Lipinski definition) is 0. The van der Waals surface area contributed by atoms with Crippen molar-refractivity contribution in [1.82, 2.24) is 4.90 Å². The Kier molecular flexibility index (Phi) is 6.67. The number of amides is 2. The Morgan fingerprint density at radius 3 is 2.04 bits per heavy atom. The van der Waals surface area contributed by atoms with Crippen molar-refractivity contribution in [3.8, 4) is 0 Å². The lowest BCUT2D eigenvalue weighted by Gasteiger charge is -2.35. The van der Waals surface area contributed by atoms with Gasteiger partial charge in [0.05, 0.1) is 6.61 Å². The summed E-state index contributed by atoms with van der Waals surface area (Å²) in [6, 6.07) is 4.93. The van der Waals surface area contributed by atoms with Crippen LogP contribution in [0.5, 0.6) is 0 Å². The van der Waals surface area contributed by atoms with Crippen molar-refractivity contribution < 1.29 is 23.5 Å². The molecular formula is C18H25FN2O4. The van der Waals surface area contributed by atoms with Crippen LogP contribution in [0, 0.1) is 11.2 Å². The summed E-state index contributed by atoms with van der Waals surface area (Å²) in [5, 5.41) is 0. The van der Waals surface area contributed by atoms with Gasteiger partial charge in [-0.3, -0.25) is 14.4 Å². The SMILES string of the molecule is CCOC(=O)C(C)(C(=O)N(C)C)C(=O)N(c1ccc(F)cc1)C(C)C. The minimum Gasteiger partial charge on any atom is -0.465 e. The molecule has 0 saturated heterocycles. The first-order valence-corrected chi connectivity index (χ1v) is 8.05. The first kappa shape index (κ1) is 20.6. The summed E-state index contributed by atoms with van der Waals surface area (Å²) in [5.74, 6) is -2.75. The minimum atomic E-state index is -2.03. The Labute approximate surface area is 147 Å². The second-order valence-corrected chi connectivity index (χ2v) is 6.29. The molecule has 0 aliphatic rings. The van der Waals surface area contributed by atoms with Gasteiger partial charge in [-0.15, -0.1) is 0 Å². The Balaban J connectivity index is 3.44. The summed E-state index contributed by atoms with van der Waals surface area (Å²) < 4.78 is 18.2. The van der Waals surface area contributed by atoms with Crippen LogP contribution in [0.1, 0.15) is 27.7 Å². The highest BCUT2D eigenvalue weighted by atomic mass is 19.1. The van der Waals surface area contributed by atoms with E-state index in [0.29, 0.717) is 5.69 Å². The van der Waals surface area contributed by atoms with E-state index in [0.717, 1.165) is 0 Å². The molecular weight excluding hydrogens is 327 g/mol. The molecule has 25 heavy (non-hydrogen) atoms. The molecule has 0 bridgehead atoms. The van der Waals surface area contributed by atoms with Crippen molar-refractivity contribution in [2.75, 3.05) is 25.6 Å². The summed E-state index contributed by atoms with van der Waals surface area (Å²) in [6.45, 7) is 6.39. The third-order valence-corrected chi connectivity index (χ3v) is 3.79. The molecule has 0 N–H and O–H groups in total. The van der Waals surface area contributed by atoms with Gasteiger partial charge in [-0.25, -0.2) is 4.39 Å². The van der Waals surface area contributed by atoms with Gasteiger partial charge in [-0.05, 0) is 52.0 Å². The third-order valence-electron chi connectivity index (χ3n) is 3.79. The summed E-state index contributed by atoms with van der Waals surface area (Å²) in [6.07, 6.45) is 0. The monoisotopic (exact) mass is 352 g/mol. The van der Waals surface area contributed by atoms with E-state index in [4.69, 9.17) is 4.74 Å². The Morgan fingerprint density at radius 1 is 1.12 bits per heavy atom. The van der Waals surface area contributed by atoms with E-state index in [1.54, 1.807) is 20.8 Å². The Bertz CT molecular complexity index is 643. The van der Waals surface area contributed by atoms with E-state index in [-0.39, 0.29) is 12.6 Å². The number of carbonyl (C=O) groups excluding carboxylic acids is 3. The zero-order valence-corrected chi connectivity index (χ0v) is 15.5. The highest BCUT2D eigenvalue weighted by molar-refractivity contribution is 6.24. The van der Waals surface area contributed by atoms with E-state index in [2.05, 4.69) is 0 Å². The van der Waals surface area contributed by atoms with Crippen LogP contribution in [0.15, 0.2) is 24.3 Å². The lowest BCUT2D eigenvalue weighted by Crippen LogP contribution is -2.57. The number of benzene rings is 1. The Hall–Kier alpha value is -2.44. The zero-order valence-electron chi connectivity index (χ0n) is 15.5. The quantitative estimate of drug-likeness (QED) is 0.582. The molecule has 0 aliphatic carbocycles. The van der Waals surface area contributed by atoms with Crippen molar-refractivity contribution in [3.05, 3.63) is 30.1 Å². The van der Waals surface area contributed by atoms with Crippen LogP contribution in [0.3, 0.4) is 0 Å². The largest absolute Gasteiger partial charge is 0.465 e. The Morgan fingerprint density at radius 2 is 1.64 bits per heavy atom. The van der Waals surface area contributed by atoms with Gasteiger partial charge in [-0.2, -0.15) is 0 Å². The average molecular weight is 352 g/mol. The molecule has 0 saturated carbocycles. The summed E-state index contributed by atoms with van der Waals surface area (Å²) in [7, 11) is 2.93. The number of halogens is 1. The summed E-state index contributed by atoms with van der Waals surface area (Å²) >= 11 is 0. The van der Waals surface area contributed by atoms with Crippen LogP contribution in [0.2, 0.25) is 0 Å². The summed E-state index contributed by atoms with van der Waals surface area (Å²) in [4.78, 5) is 40.9. The molecule has 1 rings (SSSR count). The van der Waals surface area contributed by atoms with Gasteiger partial charge in [0.1, 0.15) is 5.82 Å². The number of nitrogens with zero attached hydrogens (tertiary/aromatic N) is 2. The number of carbonyl (C=O) groups is 3. The molecule has 0 aliphatic heterocycles. The number of esters is 1. The lowest BCUT2D eigenvalue weighted by atomic mass is 9.86. The van der Waals surface area contributed by atoms with Crippen LogP contribution in [0.4, 0.5) is 10.1 Å². The third kappa shape index (κ3) is 4.15. The first-order valence-electron chi connectivity index (χ1n) is 8.05. The molecule has 0 fully saturated rings. The van der Waals surface area contributed by atoms with Gasteiger partial charge in [0, 0.05) is 25.8 Å². The first-order chi connectivity index (χ1) is 11.6. The standard InChI is InChI=1S/C18H25FN2O4/c1-7-25-17(24)18(4,15(22)20(5)6)16(23)21(12(2)3)14-10-8-13(19)9-11-14/h8-12H,7H2,1-6H3. The van der Waals surface area contributed by atoms with E-state index >= 15 is 0 Å². The van der Waals surface area contributed by atoms with Crippen LogP contribution >= 0.6 is 0 Å². The highest BCUT2D eigenvalue weighted by Gasteiger charge is 2.53. The minimum absolute atomic E-state index is 0.0423. The fourth-order valence-electron chi connectivity index (χ4n) is 2.48. The van der Waals surface area contributed by atoms with Crippen molar-refractivity contribution in [3.63, 3.8) is 0 Å². The molecule has 0 heterocycles. The molecule has 2 amide bonds. The molecule has 138 valence electrons. The second-order valence-electron chi connectivity index (χ2n) is 6.29. The highest BCUT2D eigenvalue weighted by Crippen LogP contribution is 2.29. The number of rotatable bonds is 6. The maximum absolute atomic E-state index is 13.2. The number of anilines is 1. The van der Waals surface area contributed by atoms with Crippen molar-refractivity contribution in [2.45, 2.75) is 33.7 Å². The van der Waals surface area contributed by atoms with E-state index < -0.39 is 29.0 Å². The molecule has 1 aromatic carbocycles. The fraction of sp³-hybridized carbons (Fsp3) is 0.500. The molecule has 6 nitrogen and oxygen atoms in total. The lowest BCUT2D eigenvalue weighted by molar-refractivity contribution is -0.166. The van der Waals surface area contributed by atoms with Gasteiger partial charge in [0.15, 0.2) is 0 Å². The van der Waals surface area contributed by atoms with Crippen LogP contribution in [0.25, 0.3) is 0 Å². The van der Waals surface area contributed by atoms with Crippen molar-refractivity contribution in [1.29, 1.82) is 0 Å². The molecule has 1 unspecified atom stereocenters. The van der Waals surface area contributed by atoms with Crippen LogP contribution in [-0.2, 0) is 19.1 Å². The number of hydrogen-bond acceptors (Lipinski definition) is 4. The van der Waals surface area contributed by atoms with Gasteiger partial charge >= 0.3 is 5.97 Å². The average Bonchev–Trinajstić information content (AvgIpc) is 2.54. The molecule has 7 heteroatoms. The molecule has 0 aromatic heterocycles. The predicted molar refractivity (Wildman–Crippen MR) is 92.5 cm³/mol. The van der Waals surface area contributed by atoms with Gasteiger partial charge in [0.2, 0.25) is 11.3 Å². The van der Waals surface area contributed by atoms with Crippen LogP contribution in [-0.4, -0.2) is 49.4 Å². The maximum Gasteiger partial charge on any atom is 0.331 e. The van der Waals surface area contributed by atoms with Crippen molar-refractivity contribution >= 4 is 23.5 Å². The normalized spacial score (nSPS) is 13.1. The smallest absolute Gasteiger partial charge is 0.331 e. The summed E-state index contributed by atoms with van der Waals surface area (Å²) in [5.41, 5.74) is -1.64. The van der Waals surface area contributed by atoms with Crippen LogP contribution < -0.4 is 4.90 Å². The van der Waals surface area contributed by atoms with Gasteiger partial charge < -0.3 is 14.5 Å². The molecule has 1 aromatic rings.